The Morgan fingerprint density at radius 3 is 1.35 bits per heavy atom. The first-order valence-corrected chi connectivity index (χ1v) is 15.2. The Hall–Kier alpha value is -4.76. The van der Waals surface area contributed by atoms with Gasteiger partial charge in [0.25, 0.3) is 0 Å². The molecule has 0 spiro atoms. The average Bonchev–Trinajstić information content (AvgIpc) is 3.11. The number of aliphatic hydroxyl groups excluding tert-OH is 2. The second kappa shape index (κ2) is 22.7. The molecule has 2 aromatic heterocycles. The smallest absolute Gasteiger partial charge is 0.872 e. The zero-order valence-electron chi connectivity index (χ0n) is 25.8. The van der Waals surface area contributed by atoms with Crippen molar-refractivity contribution in [3.8, 4) is 11.5 Å². The summed E-state index contributed by atoms with van der Waals surface area (Å²) in [5.74, 6) is -0.102. The van der Waals surface area contributed by atoms with Gasteiger partial charge in [0, 0.05) is 58.8 Å². The second-order valence-electron chi connectivity index (χ2n) is 8.81. The minimum absolute atomic E-state index is 0. The standard InChI is InChI=1S/2C16H11BrN2O.2CH4O.Fe.NO3/c2*17-13-6-7-15(20)12(9-13)10-19-14-5-1-3-11-4-2-8-18-16(11)14;2*1-2;;2-1(3)4/h2*1-10,20H;2*2H,1H3;;/q;;;;+3;-1/p-2. The number of aromatic nitrogens is 2. The topological polar surface area (TPSA) is 203 Å². The summed E-state index contributed by atoms with van der Waals surface area (Å²) in [7, 11) is 2.00. The molecule has 0 aliphatic carbocycles. The molecule has 0 fully saturated rings. The summed E-state index contributed by atoms with van der Waals surface area (Å²) in [5.41, 5.74) is 4.26. The Kier molecular flexibility index (Phi) is 19.6. The van der Waals surface area contributed by atoms with Crippen molar-refractivity contribution in [2.24, 2.45) is 9.98 Å². The number of pyridine rings is 2. The van der Waals surface area contributed by atoms with Crippen LogP contribution in [0.5, 0.6) is 11.5 Å². The van der Waals surface area contributed by atoms with Gasteiger partial charge in [-0.05, 0) is 59.7 Å². The van der Waals surface area contributed by atoms with Crippen LogP contribution in [0.1, 0.15) is 11.1 Å². The molecule has 1 radical (unpaired) electrons. The Balaban J connectivity index is 0.000000398. The van der Waals surface area contributed by atoms with E-state index >= 15 is 0 Å². The van der Waals surface area contributed by atoms with Gasteiger partial charge in [-0.2, -0.15) is 0 Å². The van der Waals surface area contributed by atoms with Gasteiger partial charge in [-0.25, -0.2) is 0 Å². The van der Waals surface area contributed by atoms with E-state index in [1.807, 2.05) is 60.7 Å². The molecule has 0 unspecified atom stereocenters. The van der Waals surface area contributed by atoms with Gasteiger partial charge in [0.2, 0.25) is 0 Å². The van der Waals surface area contributed by atoms with Crippen molar-refractivity contribution in [3.05, 3.63) is 145 Å². The number of nitrogens with zero attached hydrogens (tertiary/aromatic N) is 5. The molecule has 2 heterocycles. The first kappa shape index (κ1) is 42.3. The van der Waals surface area contributed by atoms with E-state index in [-0.39, 0.29) is 28.6 Å². The molecular formula is C34H28Br2FeN5O7. The third-order valence-corrected chi connectivity index (χ3v) is 6.84. The Labute approximate surface area is 309 Å². The van der Waals surface area contributed by atoms with Crippen molar-refractivity contribution < 1.29 is 42.6 Å². The van der Waals surface area contributed by atoms with Crippen LogP contribution in [-0.4, -0.2) is 51.9 Å². The third-order valence-electron chi connectivity index (χ3n) is 5.85. The van der Waals surface area contributed by atoms with Crippen molar-refractivity contribution >= 4 is 77.5 Å². The number of halogens is 2. The van der Waals surface area contributed by atoms with Gasteiger partial charge in [-0.15, -0.1) is 0 Å². The van der Waals surface area contributed by atoms with Crippen LogP contribution in [0.4, 0.5) is 11.4 Å². The van der Waals surface area contributed by atoms with Crippen molar-refractivity contribution in [1.29, 1.82) is 0 Å². The van der Waals surface area contributed by atoms with Gasteiger partial charge in [0.1, 0.15) is 0 Å². The number of benzene rings is 4. The fourth-order valence-corrected chi connectivity index (χ4v) is 4.66. The molecule has 253 valence electrons. The number of rotatable bonds is 4. The molecule has 0 amide bonds. The molecule has 0 atom stereocenters. The number of aliphatic imine (C=N–C) groups is 2. The average molecular weight is 834 g/mol. The minimum Gasteiger partial charge on any atom is -0.872 e. The summed E-state index contributed by atoms with van der Waals surface area (Å²) in [6, 6.07) is 29.3. The van der Waals surface area contributed by atoms with Crippen molar-refractivity contribution in [2.75, 3.05) is 14.2 Å². The number of hydrogen-bond donors (Lipinski definition) is 2. The predicted octanol–water partition coefficient (Wildman–Crippen LogP) is 6.62. The molecule has 15 heteroatoms. The Morgan fingerprint density at radius 1 is 0.633 bits per heavy atom. The summed E-state index contributed by atoms with van der Waals surface area (Å²) >= 11 is 6.70. The molecule has 6 rings (SSSR count). The predicted molar refractivity (Wildman–Crippen MR) is 192 cm³/mol. The van der Waals surface area contributed by atoms with Crippen LogP contribution in [-0.2, 0) is 17.1 Å². The fraction of sp³-hybridized carbons (Fsp3) is 0.0588. The van der Waals surface area contributed by atoms with E-state index in [1.165, 1.54) is 12.1 Å². The zero-order valence-corrected chi connectivity index (χ0v) is 30.1. The second-order valence-corrected chi connectivity index (χ2v) is 10.6. The Morgan fingerprint density at radius 2 is 0.980 bits per heavy atom. The number of fused-ring (bicyclic) bond motifs is 2. The van der Waals surface area contributed by atoms with Gasteiger partial charge in [0.05, 0.1) is 27.5 Å². The number of aliphatic hydroxyl groups is 2. The molecule has 6 aromatic rings. The maximum Gasteiger partial charge on any atom is 3.00 e. The summed E-state index contributed by atoms with van der Waals surface area (Å²) in [5, 5.41) is 54.3. The van der Waals surface area contributed by atoms with Crippen LogP contribution >= 0.6 is 31.9 Å². The fourth-order valence-electron chi connectivity index (χ4n) is 3.90. The summed E-state index contributed by atoms with van der Waals surface area (Å²) < 4.78 is 1.71. The van der Waals surface area contributed by atoms with Crippen molar-refractivity contribution in [1.82, 2.24) is 9.97 Å². The van der Waals surface area contributed by atoms with Crippen LogP contribution in [0.3, 0.4) is 0 Å². The van der Waals surface area contributed by atoms with Crippen LogP contribution in [0.25, 0.3) is 21.8 Å². The van der Waals surface area contributed by atoms with Crippen LogP contribution in [0.15, 0.2) is 128 Å². The van der Waals surface area contributed by atoms with E-state index in [9.17, 15) is 10.2 Å². The molecule has 0 saturated heterocycles. The molecule has 0 bridgehead atoms. The SMILES string of the molecule is CO.CO.O=[N+]([O-])[O-].[Fe+3].[O-]c1ccc(Br)cc1C=Nc1cccc2cccnc12.[O-]c1ccc(Br)cc1C=Nc1cccc2cccnc12. The van der Waals surface area contributed by atoms with Gasteiger partial charge >= 0.3 is 17.1 Å². The van der Waals surface area contributed by atoms with Crippen molar-refractivity contribution in [3.63, 3.8) is 0 Å². The van der Waals surface area contributed by atoms with Crippen LogP contribution in [0, 0.1) is 15.3 Å². The third kappa shape index (κ3) is 13.7. The number of hydrogen-bond acceptors (Lipinski definition) is 11. The largest absolute Gasteiger partial charge is 3.00 e. The first-order valence-electron chi connectivity index (χ1n) is 13.6. The molecular weight excluding hydrogens is 806 g/mol. The molecule has 4 aromatic carbocycles. The summed E-state index contributed by atoms with van der Waals surface area (Å²) in [6.07, 6.45) is 6.63. The summed E-state index contributed by atoms with van der Waals surface area (Å²) in [6.45, 7) is 0. The van der Waals surface area contributed by atoms with Crippen molar-refractivity contribution in [2.45, 2.75) is 0 Å². The van der Waals surface area contributed by atoms with E-state index in [1.54, 1.807) is 49.1 Å². The summed E-state index contributed by atoms with van der Waals surface area (Å²) in [4.78, 5) is 25.7. The van der Waals surface area contributed by atoms with Gasteiger partial charge in [-0.3, -0.25) is 20.0 Å². The van der Waals surface area contributed by atoms with E-state index in [0.717, 1.165) is 56.3 Å². The van der Waals surface area contributed by atoms with Gasteiger partial charge < -0.3 is 35.7 Å². The van der Waals surface area contributed by atoms with Gasteiger partial charge in [-0.1, -0.05) is 91.9 Å². The van der Waals surface area contributed by atoms with E-state index in [0.29, 0.717) is 11.1 Å². The first-order chi connectivity index (χ1) is 23.2. The van der Waals surface area contributed by atoms with E-state index in [4.69, 9.17) is 25.5 Å². The normalized spacial score (nSPS) is 9.92. The molecule has 12 nitrogen and oxygen atoms in total. The van der Waals surface area contributed by atoms with E-state index in [2.05, 4.69) is 51.8 Å². The van der Waals surface area contributed by atoms with E-state index < -0.39 is 5.09 Å². The molecule has 0 aliphatic rings. The minimum atomic E-state index is -1.75. The van der Waals surface area contributed by atoms with Gasteiger partial charge in [0.15, 0.2) is 0 Å². The molecule has 49 heavy (non-hydrogen) atoms. The zero-order chi connectivity index (χ0) is 35.5. The molecule has 0 saturated carbocycles. The maximum absolute atomic E-state index is 11.7. The monoisotopic (exact) mass is 832 g/mol. The molecule has 0 aliphatic heterocycles. The van der Waals surface area contributed by atoms with Crippen LogP contribution < -0.4 is 10.2 Å². The Bertz CT molecular complexity index is 1850. The van der Waals surface area contributed by atoms with Crippen LogP contribution in [0.2, 0.25) is 0 Å². The quantitative estimate of drug-likeness (QED) is 0.0847. The number of para-hydroxylation sites is 2. The molecule has 2 N–H and O–H groups in total. The maximum atomic E-state index is 11.7.